The van der Waals surface area contributed by atoms with E-state index in [1.54, 1.807) is 24.5 Å². The molecule has 0 aliphatic carbocycles. The molecule has 6 aromatic rings. The number of fused-ring (bicyclic) bond motifs is 2. The van der Waals surface area contributed by atoms with E-state index in [-0.39, 0.29) is 5.82 Å². The number of nitrogens with zero attached hydrogens (tertiary/aromatic N) is 5. The number of hydrogen-bond acceptors (Lipinski definition) is 4. The van der Waals surface area contributed by atoms with Gasteiger partial charge in [0.25, 0.3) is 0 Å². The number of aromatic nitrogens is 7. The van der Waals surface area contributed by atoms with E-state index in [9.17, 15) is 4.39 Å². The summed E-state index contributed by atoms with van der Waals surface area (Å²) in [5.74, 6) is 0.655. The maximum Gasteiger partial charge on any atom is 0.135 e. The largest absolute Gasteiger partial charge is 0.352 e. The second-order valence-electron chi connectivity index (χ2n) is 7.75. The first-order valence-corrected chi connectivity index (χ1v) is 10.2. The molecule has 7 nitrogen and oxygen atoms in total. The molecule has 0 unspecified atom stereocenters. The molecular weight excluding hydrogens is 405 g/mol. The van der Waals surface area contributed by atoms with E-state index >= 15 is 0 Å². The summed E-state index contributed by atoms with van der Waals surface area (Å²) in [5.41, 5.74) is 7.62. The van der Waals surface area contributed by atoms with Crippen molar-refractivity contribution in [3.63, 3.8) is 0 Å². The molecule has 0 amide bonds. The molecule has 0 bridgehead atoms. The number of aromatic amines is 2. The molecule has 5 heterocycles. The lowest BCUT2D eigenvalue weighted by molar-refractivity contribution is 0.628. The Bertz CT molecular complexity index is 1610. The number of nitrogens with one attached hydrogen (secondary N) is 2. The molecule has 2 N–H and O–H groups in total. The van der Waals surface area contributed by atoms with Crippen LogP contribution in [-0.2, 0) is 7.05 Å². The third kappa shape index (κ3) is 2.80. The molecule has 32 heavy (non-hydrogen) atoms. The predicted molar refractivity (Wildman–Crippen MR) is 121 cm³/mol. The highest BCUT2D eigenvalue weighted by molar-refractivity contribution is 5.99. The van der Waals surface area contributed by atoms with Crippen LogP contribution in [0.5, 0.6) is 0 Å². The molecule has 0 spiro atoms. The van der Waals surface area contributed by atoms with E-state index < -0.39 is 0 Å². The quantitative estimate of drug-likeness (QED) is 0.419. The summed E-state index contributed by atoms with van der Waals surface area (Å²) in [4.78, 5) is 17.0. The lowest BCUT2D eigenvalue weighted by Gasteiger charge is -2.03. The van der Waals surface area contributed by atoms with Gasteiger partial charge >= 0.3 is 0 Å². The summed E-state index contributed by atoms with van der Waals surface area (Å²) >= 11 is 0. The summed E-state index contributed by atoms with van der Waals surface area (Å²) in [7, 11) is 1.97. The lowest BCUT2D eigenvalue weighted by atomic mass is 10.0. The van der Waals surface area contributed by atoms with Crippen LogP contribution in [0.1, 0.15) is 5.82 Å². The number of H-pyrrole nitrogens is 2. The molecule has 0 aliphatic rings. The predicted octanol–water partition coefficient (Wildman–Crippen LogP) is 5.02. The monoisotopic (exact) mass is 423 g/mol. The first kappa shape index (κ1) is 18.4. The molecule has 156 valence electrons. The van der Waals surface area contributed by atoms with E-state index in [1.807, 2.05) is 42.9 Å². The Hall–Kier alpha value is -4.33. The van der Waals surface area contributed by atoms with Crippen LogP contribution in [0.2, 0.25) is 0 Å². The zero-order valence-electron chi connectivity index (χ0n) is 17.4. The van der Waals surface area contributed by atoms with Gasteiger partial charge in [0, 0.05) is 24.2 Å². The normalized spacial score (nSPS) is 11.6. The SMILES string of the molecule is Cc1ncc(-c2ccc3[nH]nc(-c4cc5c(-c6ccc(F)cc6)cncc5[nH]4)c3n2)n1C. The molecule has 8 heteroatoms. The number of halogens is 1. The van der Waals surface area contributed by atoms with Crippen LogP contribution in [-0.4, -0.2) is 34.7 Å². The Balaban J connectivity index is 1.51. The highest BCUT2D eigenvalue weighted by Gasteiger charge is 2.16. The standard InChI is InChI=1S/C24H18FN7/c1-13-27-12-22(32(13)2)18-7-8-19-23(29-18)24(31-30-19)20-9-16-17(10-26-11-21(16)28-20)14-3-5-15(25)6-4-14/h3-12,28H,1-2H3,(H,30,31). The van der Waals surface area contributed by atoms with Crippen molar-refractivity contribution in [1.82, 2.24) is 34.7 Å². The molecule has 0 fully saturated rings. The second-order valence-corrected chi connectivity index (χ2v) is 7.75. The summed E-state index contributed by atoms with van der Waals surface area (Å²) in [6.07, 6.45) is 5.39. The van der Waals surface area contributed by atoms with Crippen molar-refractivity contribution >= 4 is 21.9 Å². The Labute approximate surface area is 182 Å². The minimum atomic E-state index is -0.267. The average Bonchev–Trinajstić information content (AvgIpc) is 3.50. The van der Waals surface area contributed by atoms with Crippen molar-refractivity contribution in [3.05, 3.63) is 72.7 Å². The molecule has 0 saturated carbocycles. The number of benzene rings is 1. The lowest BCUT2D eigenvalue weighted by Crippen LogP contribution is -1.96. The maximum absolute atomic E-state index is 13.4. The van der Waals surface area contributed by atoms with Gasteiger partial charge in [-0.1, -0.05) is 12.1 Å². The van der Waals surface area contributed by atoms with Crippen molar-refractivity contribution in [2.75, 3.05) is 0 Å². The van der Waals surface area contributed by atoms with E-state index in [2.05, 4.69) is 25.1 Å². The smallest absolute Gasteiger partial charge is 0.135 e. The maximum atomic E-state index is 13.4. The Morgan fingerprint density at radius 2 is 1.81 bits per heavy atom. The van der Waals surface area contributed by atoms with Gasteiger partial charge in [-0.2, -0.15) is 5.10 Å². The van der Waals surface area contributed by atoms with Crippen LogP contribution in [0.25, 0.3) is 55.8 Å². The Morgan fingerprint density at radius 1 is 0.969 bits per heavy atom. The van der Waals surface area contributed by atoms with Crippen molar-refractivity contribution in [2.45, 2.75) is 6.92 Å². The van der Waals surface area contributed by atoms with E-state index in [4.69, 9.17) is 4.98 Å². The number of pyridine rings is 2. The second kappa shape index (κ2) is 6.84. The zero-order valence-corrected chi connectivity index (χ0v) is 17.4. The van der Waals surface area contributed by atoms with Crippen molar-refractivity contribution in [2.24, 2.45) is 7.05 Å². The van der Waals surface area contributed by atoms with E-state index in [0.717, 1.165) is 61.7 Å². The van der Waals surface area contributed by atoms with Crippen LogP contribution in [0.4, 0.5) is 4.39 Å². The highest BCUT2D eigenvalue weighted by atomic mass is 19.1. The first-order chi connectivity index (χ1) is 15.6. The van der Waals surface area contributed by atoms with Crippen molar-refractivity contribution in [3.8, 4) is 33.9 Å². The third-order valence-electron chi connectivity index (χ3n) is 5.85. The number of rotatable bonds is 3. The minimum Gasteiger partial charge on any atom is -0.352 e. The summed E-state index contributed by atoms with van der Waals surface area (Å²) < 4.78 is 15.4. The van der Waals surface area contributed by atoms with Crippen LogP contribution in [0.3, 0.4) is 0 Å². The fraction of sp³-hybridized carbons (Fsp3) is 0.0833. The van der Waals surface area contributed by atoms with E-state index in [0.29, 0.717) is 0 Å². The third-order valence-corrected chi connectivity index (χ3v) is 5.85. The van der Waals surface area contributed by atoms with Gasteiger partial charge in [-0.25, -0.2) is 14.4 Å². The van der Waals surface area contributed by atoms with Gasteiger partial charge in [-0.15, -0.1) is 0 Å². The van der Waals surface area contributed by atoms with Gasteiger partial charge in [0.15, 0.2) is 0 Å². The highest BCUT2D eigenvalue weighted by Crippen LogP contribution is 2.33. The Kier molecular flexibility index (Phi) is 3.94. The minimum absolute atomic E-state index is 0.267. The van der Waals surface area contributed by atoms with Gasteiger partial charge in [-0.05, 0) is 42.8 Å². The van der Waals surface area contributed by atoms with Crippen LogP contribution >= 0.6 is 0 Å². The Morgan fingerprint density at radius 3 is 2.59 bits per heavy atom. The zero-order chi connectivity index (χ0) is 21.8. The van der Waals surface area contributed by atoms with Crippen LogP contribution in [0, 0.1) is 12.7 Å². The summed E-state index contributed by atoms with van der Waals surface area (Å²) in [5, 5.41) is 8.58. The number of aryl methyl sites for hydroxylation is 1. The van der Waals surface area contributed by atoms with Gasteiger partial charge in [0.2, 0.25) is 0 Å². The molecule has 0 atom stereocenters. The molecule has 1 aromatic carbocycles. The van der Waals surface area contributed by atoms with Crippen LogP contribution in [0.15, 0.2) is 61.1 Å². The summed E-state index contributed by atoms with van der Waals surface area (Å²) in [6.45, 7) is 1.96. The topological polar surface area (TPSA) is 88.1 Å². The fourth-order valence-corrected chi connectivity index (χ4v) is 4.01. The van der Waals surface area contributed by atoms with Gasteiger partial charge in [-0.3, -0.25) is 10.1 Å². The molecule has 6 rings (SSSR count). The summed E-state index contributed by atoms with van der Waals surface area (Å²) in [6, 6.07) is 12.4. The number of hydrogen-bond donors (Lipinski definition) is 2. The molecule has 0 radical (unpaired) electrons. The van der Waals surface area contributed by atoms with Gasteiger partial charge < -0.3 is 9.55 Å². The van der Waals surface area contributed by atoms with Crippen molar-refractivity contribution < 1.29 is 4.39 Å². The van der Waals surface area contributed by atoms with Crippen LogP contribution < -0.4 is 0 Å². The molecule has 0 saturated heterocycles. The first-order valence-electron chi connectivity index (χ1n) is 10.2. The average molecular weight is 423 g/mol. The van der Waals surface area contributed by atoms with Gasteiger partial charge in [0.05, 0.1) is 40.5 Å². The molecule has 0 aliphatic heterocycles. The fourth-order valence-electron chi connectivity index (χ4n) is 4.01. The van der Waals surface area contributed by atoms with Crippen molar-refractivity contribution in [1.29, 1.82) is 0 Å². The molecule has 5 aromatic heterocycles. The van der Waals surface area contributed by atoms with Gasteiger partial charge in [0.1, 0.15) is 22.9 Å². The van der Waals surface area contributed by atoms with E-state index in [1.165, 1.54) is 12.1 Å². The molecular formula is C24H18FN7. The number of imidazole rings is 1.